The Balaban J connectivity index is 1.63. The molecule has 1 aromatic heterocycles. The summed E-state index contributed by atoms with van der Waals surface area (Å²) < 4.78 is 11.7. The van der Waals surface area contributed by atoms with Gasteiger partial charge in [-0.25, -0.2) is 10.1 Å². The van der Waals surface area contributed by atoms with Crippen LogP contribution < -0.4 is 14.9 Å². The normalized spacial score (nSPS) is 10.9. The number of fused-ring (bicyclic) bond motifs is 1. The molecule has 0 fully saturated rings. The first kappa shape index (κ1) is 18.1. The van der Waals surface area contributed by atoms with Crippen LogP contribution in [-0.2, 0) is 16.1 Å². The molecule has 0 bridgehead atoms. The van der Waals surface area contributed by atoms with E-state index in [4.69, 9.17) is 9.47 Å². The van der Waals surface area contributed by atoms with E-state index in [2.05, 4.69) is 20.8 Å². The third kappa shape index (κ3) is 4.46. The zero-order chi connectivity index (χ0) is 19.2. The van der Waals surface area contributed by atoms with E-state index in [9.17, 15) is 9.59 Å². The van der Waals surface area contributed by atoms with E-state index in [0.717, 1.165) is 5.52 Å². The summed E-state index contributed by atoms with van der Waals surface area (Å²) in [6, 6.07) is 12.3. The lowest BCUT2D eigenvalue weighted by Crippen LogP contribution is -2.23. The second kappa shape index (κ2) is 8.09. The number of esters is 1. The first-order chi connectivity index (χ1) is 13.1. The van der Waals surface area contributed by atoms with Gasteiger partial charge in [-0.2, -0.15) is 5.10 Å². The monoisotopic (exact) mass is 367 g/mol. The number of benzene rings is 2. The van der Waals surface area contributed by atoms with Crippen molar-refractivity contribution in [2.45, 2.75) is 13.5 Å². The van der Waals surface area contributed by atoms with E-state index in [1.54, 1.807) is 18.2 Å². The van der Waals surface area contributed by atoms with E-state index in [0.29, 0.717) is 22.6 Å². The number of nitrogens with zero attached hydrogens (tertiary/aromatic N) is 4. The highest BCUT2D eigenvalue weighted by atomic mass is 16.6. The van der Waals surface area contributed by atoms with Gasteiger partial charge >= 0.3 is 5.97 Å². The quantitative estimate of drug-likeness (QED) is 0.306. The zero-order valence-corrected chi connectivity index (χ0v) is 14.7. The van der Waals surface area contributed by atoms with Crippen molar-refractivity contribution >= 4 is 29.1 Å². The maximum Gasteiger partial charge on any atom is 0.308 e. The maximum atomic E-state index is 12.0. The van der Waals surface area contributed by atoms with Gasteiger partial charge < -0.3 is 9.47 Å². The van der Waals surface area contributed by atoms with Crippen molar-refractivity contribution in [1.29, 1.82) is 0 Å². The summed E-state index contributed by atoms with van der Waals surface area (Å²) in [5, 5.41) is 11.9. The van der Waals surface area contributed by atoms with E-state index in [1.165, 1.54) is 24.9 Å². The molecule has 0 saturated carbocycles. The Morgan fingerprint density at radius 2 is 2.04 bits per heavy atom. The Morgan fingerprint density at radius 3 is 2.81 bits per heavy atom. The summed E-state index contributed by atoms with van der Waals surface area (Å²) in [6.07, 6.45) is 1.46. The van der Waals surface area contributed by atoms with Gasteiger partial charge in [-0.05, 0) is 35.9 Å². The molecule has 2 aromatic carbocycles. The smallest absolute Gasteiger partial charge is 0.308 e. The molecule has 0 atom stereocenters. The molecular formula is C18H17N5O4. The SMILES string of the molecule is COc1cc(/C=N/NC(=O)Cn2nnc3ccccc32)ccc1OC(C)=O. The first-order valence-electron chi connectivity index (χ1n) is 8.03. The van der Waals surface area contributed by atoms with Crippen molar-refractivity contribution < 1.29 is 19.1 Å². The topological polar surface area (TPSA) is 108 Å². The number of rotatable bonds is 6. The number of aromatic nitrogens is 3. The van der Waals surface area contributed by atoms with E-state index in [1.807, 2.05) is 24.3 Å². The van der Waals surface area contributed by atoms with Crippen LogP contribution >= 0.6 is 0 Å². The van der Waals surface area contributed by atoms with Crippen molar-refractivity contribution in [3.63, 3.8) is 0 Å². The Bertz CT molecular complexity index is 1010. The lowest BCUT2D eigenvalue weighted by molar-refractivity contribution is -0.132. The molecule has 0 saturated heterocycles. The van der Waals surface area contributed by atoms with Gasteiger partial charge in [0.1, 0.15) is 12.1 Å². The summed E-state index contributed by atoms with van der Waals surface area (Å²) >= 11 is 0. The van der Waals surface area contributed by atoms with Crippen LogP contribution in [0.4, 0.5) is 0 Å². The number of methoxy groups -OCH3 is 1. The lowest BCUT2D eigenvalue weighted by atomic mass is 10.2. The predicted octanol–water partition coefficient (Wildman–Crippen LogP) is 1.52. The number of hydrogen-bond acceptors (Lipinski definition) is 7. The minimum Gasteiger partial charge on any atom is -0.493 e. The minimum absolute atomic E-state index is 0.00738. The molecule has 9 heteroatoms. The summed E-state index contributed by atoms with van der Waals surface area (Å²) in [5.41, 5.74) is 4.58. The van der Waals surface area contributed by atoms with Gasteiger partial charge in [0.25, 0.3) is 5.91 Å². The van der Waals surface area contributed by atoms with Crippen LogP contribution in [0.25, 0.3) is 11.0 Å². The Morgan fingerprint density at radius 1 is 1.22 bits per heavy atom. The van der Waals surface area contributed by atoms with Crippen LogP contribution in [0.15, 0.2) is 47.6 Å². The van der Waals surface area contributed by atoms with Crippen LogP contribution in [-0.4, -0.2) is 40.2 Å². The average molecular weight is 367 g/mol. The second-order valence-electron chi connectivity index (χ2n) is 5.53. The fourth-order valence-electron chi connectivity index (χ4n) is 2.39. The molecule has 3 rings (SSSR count). The number of nitrogens with one attached hydrogen (secondary N) is 1. The van der Waals surface area contributed by atoms with Gasteiger partial charge in [-0.1, -0.05) is 17.3 Å². The molecule has 0 radical (unpaired) electrons. The average Bonchev–Trinajstić information content (AvgIpc) is 3.05. The third-order valence-corrected chi connectivity index (χ3v) is 3.56. The van der Waals surface area contributed by atoms with E-state index in [-0.39, 0.29) is 12.5 Å². The fraction of sp³-hybridized carbons (Fsp3) is 0.167. The summed E-state index contributed by atoms with van der Waals surface area (Å²) in [6.45, 7) is 1.30. The summed E-state index contributed by atoms with van der Waals surface area (Å²) in [5.74, 6) is -0.0909. The van der Waals surface area contributed by atoms with Gasteiger partial charge in [0.15, 0.2) is 11.5 Å². The molecule has 1 N–H and O–H groups in total. The molecule has 0 spiro atoms. The second-order valence-corrected chi connectivity index (χ2v) is 5.53. The molecule has 0 unspecified atom stereocenters. The number of amides is 1. The number of ether oxygens (including phenoxy) is 2. The van der Waals surface area contributed by atoms with Crippen LogP contribution in [0, 0.1) is 0 Å². The molecule has 9 nitrogen and oxygen atoms in total. The Labute approximate surface area is 154 Å². The first-order valence-corrected chi connectivity index (χ1v) is 8.03. The van der Waals surface area contributed by atoms with Crippen LogP contribution in [0.1, 0.15) is 12.5 Å². The highest BCUT2D eigenvalue weighted by Crippen LogP contribution is 2.27. The summed E-state index contributed by atoms with van der Waals surface area (Å²) in [4.78, 5) is 23.1. The molecular weight excluding hydrogens is 350 g/mol. The van der Waals surface area contributed by atoms with Gasteiger partial charge in [0.2, 0.25) is 0 Å². The fourth-order valence-corrected chi connectivity index (χ4v) is 2.39. The van der Waals surface area contributed by atoms with Crippen molar-refractivity contribution in [3.05, 3.63) is 48.0 Å². The standard InChI is InChI=1S/C18H17N5O4/c1-12(24)27-16-8-7-13(9-17(16)26-2)10-19-21-18(25)11-23-15-6-4-3-5-14(15)20-22-23/h3-10H,11H2,1-2H3,(H,21,25)/b19-10+. The molecule has 3 aromatic rings. The van der Waals surface area contributed by atoms with Crippen molar-refractivity contribution in [3.8, 4) is 11.5 Å². The number of carbonyl (C=O) groups excluding carboxylic acids is 2. The predicted molar refractivity (Wildman–Crippen MR) is 97.6 cm³/mol. The van der Waals surface area contributed by atoms with Gasteiger partial charge in [-0.3, -0.25) is 9.59 Å². The zero-order valence-electron chi connectivity index (χ0n) is 14.7. The van der Waals surface area contributed by atoms with Gasteiger partial charge in [0.05, 0.1) is 18.8 Å². The molecule has 0 aliphatic rings. The molecule has 0 aliphatic heterocycles. The molecule has 0 aliphatic carbocycles. The highest BCUT2D eigenvalue weighted by molar-refractivity contribution is 5.84. The van der Waals surface area contributed by atoms with Gasteiger partial charge in [0, 0.05) is 6.92 Å². The van der Waals surface area contributed by atoms with E-state index < -0.39 is 5.97 Å². The van der Waals surface area contributed by atoms with Crippen molar-refractivity contribution in [2.75, 3.05) is 7.11 Å². The van der Waals surface area contributed by atoms with Crippen LogP contribution in [0.5, 0.6) is 11.5 Å². The largest absolute Gasteiger partial charge is 0.493 e. The Hall–Kier alpha value is -3.75. The number of carbonyl (C=O) groups is 2. The maximum absolute atomic E-state index is 12.0. The molecule has 27 heavy (non-hydrogen) atoms. The highest BCUT2D eigenvalue weighted by Gasteiger charge is 2.09. The number of para-hydroxylation sites is 1. The third-order valence-electron chi connectivity index (χ3n) is 3.56. The van der Waals surface area contributed by atoms with Crippen molar-refractivity contribution in [1.82, 2.24) is 20.4 Å². The number of hydrazone groups is 1. The molecule has 138 valence electrons. The Kier molecular flexibility index (Phi) is 5.41. The lowest BCUT2D eigenvalue weighted by Gasteiger charge is -2.08. The molecule has 1 amide bonds. The van der Waals surface area contributed by atoms with Crippen LogP contribution in [0.2, 0.25) is 0 Å². The molecule has 1 heterocycles. The summed E-state index contributed by atoms with van der Waals surface area (Å²) in [7, 11) is 1.47. The number of hydrogen-bond donors (Lipinski definition) is 1. The van der Waals surface area contributed by atoms with Gasteiger partial charge in [-0.15, -0.1) is 5.10 Å². The van der Waals surface area contributed by atoms with Crippen LogP contribution in [0.3, 0.4) is 0 Å². The van der Waals surface area contributed by atoms with E-state index >= 15 is 0 Å². The van der Waals surface area contributed by atoms with Crippen molar-refractivity contribution in [2.24, 2.45) is 5.10 Å². The minimum atomic E-state index is -0.442.